The summed E-state index contributed by atoms with van der Waals surface area (Å²) < 4.78 is 4.78. The third kappa shape index (κ3) is 4.04. The average Bonchev–Trinajstić information content (AvgIpc) is 3.68. The molecule has 0 aliphatic carbocycles. The molecule has 3 heteroatoms. The van der Waals surface area contributed by atoms with Gasteiger partial charge >= 0.3 is 0 Å². The highest BCUT2D eigenvalue weighted by atomic mass is 15.0. The largest absolute Gasteiger partial charge is 0.309 e. The lowest BCUT2D eigenvalue weighted by Gasteiger charge is -2.11. The number of hydrogen-bond acceptors (Lipinski definition) is 1. The van der Waals surface area contributed by atoms with Gasteiger partial charge in [-0.3, -0.25) is 4.98 Å². The van der Waals surface area contributed by atoms with E-state index in [1.165, 1.54) is 66.1 Å². The van der Waals surface area contributed by atoms with Crippen LogP contribution < -0.4 is 0 Å². The molecule has 0 fully saturated rings. The van der Waals surface area contributed by atoms with Crippen LogP contribution in [-0.2, 0) is 0 Å². The van der Waals surface area contributed by atoms with E-state index in [1.807, 2.05) is 6.20 Å². The van der Waals surface area contributed by atoms with Crippen molar-refractivity contribution in [2.24, 2.45) is 0 Å². The number of para-hydroxylation sites is 3. The molecule has 48 heavy (non-hydrogen) atoms. The maximum atomic E-state index is 4.89. The van der Waals surface area contributed by atoms with Crippen molar-refractivity contribution in [3.63, 3.8) is 0 Å². The Labute approximate surface area is 277 Å². The molecule has 0 bridgehead atoms. The molecule has 0 amide bonds. The van der Waals surface area contributed by atoms with E-state index in [9.17, 15) is 0 Å². The third-order valence-electron chi connectivity index (χ3n) is 9.73. The summed E-state index contributed by atoms with van der Waals surface area (Å²) in [7, 11) is 0. The van der Waals surface area contributed by atoms with Crippen LogP contribution in [0, 0.1) is 0 Å². The minimum Gasteiger partial charge on any atom is -0.309 e. The van der Waals surface area contributed by atoms with E-state index in [0.717, 1.165) is 22.2 Å². The zero-order valence-electron chi connectivity index (χ0n) is 26.1. The Kier molecular flexibility index (Phi) is 5.87. The first-order valence-electron chi connectivity index (χ1n) is 16.4. The number of hydrogen-bond donors (Lipinski definition) is 0. The summed E-state index contributed by atoms with van der Waals surface area (Å²) in [5.41, 5.74) is 15.1. The molecular formula is C45H29N3. The van der Waals surface area contributed by atoms with Gasteiger partial charge in [0.05, 0.1) is 39.3 Å². The number of nitrogens with zero attached hydrogens (tertiary/aromatic N) is 3. The molecule has 0 saturated heterocycles. The molecule has 3 heterocycles. The van der Waals surface area contributed by atoms with Crippen LogP contribution in [0.2, 0.25) is 0 Å². The van der Waals surface area contributed by atoms with Crippen molar-refractivity contribution in [2.75, 3.05) is 0 Å². The fourth-order valence-electron chi connectivity index (χ4n) is 7.56. The lowest BCUT2D eigenvalue weighted by molar-refractivity contribution is 1.18. The lowest BCUT2D eigenvalue weighted by Crippen LogP contribution is -1.95. The normalized spacial score (nSPS) is 11.8. The smallest absolute Gasteiger partial charge is 0.0871 e. The molecule has 0 aliphatic rings. The highest BCUT2D eigenvalue weighted by molar-refractivity contribution is 6.12. The third-order valence-corrected chi connectivity index (χ3v) is 9.73. The molecule has 0 atom stereocenters. The minimum absolute atomic E-state index is 0.987. The van der Waals surface area contributed by atoms with Crippen LogP contribution in [0.1, 0.15) is 0 Å². The van der Waals surface area contributed by atoms with Crippen LogP contribution in [0.15, 0.2) is 176 Å². The molecule has 224 valence electrons. The summed E-state index contributed by atoms with van der Waals surface area (Å²) in [5, 5.41) is 3.70. The number of fused-ring (bicyclic) bond motifs is 8. The first kappa shape index (κ1) is 26.7. The fourth-order valence-corrected chi connectivity index (χ4v) is 7.56. The Bertz CT molecular complexity index is 2730. The lowest BCUT2D eigenvalue weighted by atomic mass is 10.0. The SMILES string of the molecule is c1ccc(-c2ccc3c(c2)c2cc(-c4ccccc4)ccc2n3-c2cccc(-c3c4ccccc4n4c3cnc3ccccc34)c2)cc1. The number of rotatable bonds is 4. The maximum absolute atomic E-state index is 4.89. The van der Waals surface area contributed by atoms with Crippen molar-refractivity contribution in [1.29, 1.82) is 0 Å². The van der Waals surface area contributed by atoms with Crippen molar-refractivity contribution < 1.29 is 0 Å². The van der Waals surface area contributed by atoms with Gasteiger partial charge in [0.15, 0.2) is 0 Å². The Morgan fingerprint density at radius 3 is 1.62 bits per heavy atom. The van der Waals surface area contributed by atoms with Gasteiger partial charge in [-0.05, 0) is 82.4 Å². The van der Waals surface area contributed by atoms with Crippen molar-refractivity contribution in [3.05, 3.63) is 176 Å². The molecule has 3 aromatic heterocycles. The van der Waals surface area contributed by atoms with E-state index < -0.39 is 0 Å². The molecule has 0 unspecified atom stereocenters. The molecule has 7 aromatic carbocycles. The van der Waals surface area contributed by atoms with Crippen molar-refractivity contribution in [3.8, 4) is 39.1 Å². The Balaban J connectivity index is 1.23. The molecule has 10 aromatic rings. The van der Waals surface area contributed by atoms with Gasteiger partial charge in [-0.15, -0.1) is 0 Å². The van der Waals surface area contributed by atoms with Crippen LogP contribution in [0.4, 0.5) is 0 Å². The zero-order chi connectivity index (χ0) is 31.6. The molecule has 3 nitrogen and oxygen atoms in total. The first-order valence-corrected chi connectivity index (χ1v) is 16.4. The van der Waals surface area contributed by atoms with E-state index in [-0.39, 0.29) is 0 Å². The summed E-state index contributed by atoms with van der Waals surface area (Å²) in [5.74, 6) is 0. The summed E-state index contributed by atoms with van der Waals surface area (Å²) in [6, 6.07) is 61.2. The van der Waals surface area contributed by atoms with Crippen molar-refractivity contribution in [1.82, 2.24) is 14.0 Å². The summed E-state index contributed by atoms with van der Waals surface area (Å²) in [4.78, 5) is 4.89. The van der Waals surface area contributed by atoms with Crippen LogP contribution in [-0.4, -0.2) is 14.0 Å². The van der Waals surface area contributed by atoms with Gasteiger partial charge in [0.25, 0.3) is 0 Å². The van der Waals surface area contributed by atoms with Crippen molar-refractivity contribution in [2.45, 2.75) is 0 Å². The number of benzene rings is 7. The van der Waals surface area contributed by atoms with E-state index in [4.69, 9.17) is 4.98 Å². The second kappa shape index (κ2) is 10.5. The summed E-state index contributed by atoms with van der Waals surface area (Å²) in [6.07, 6.45) is 2.03. The molecule has 0 saturated carbocycles. The highest BCUT2D eigenvalue weighted by Crippen LogP contribution is 2.40. The van der Waals surface area contributed by atoms with Crippen LogP contribution in [0.5, 0.6) is 0 Å². The van der Waals surface area contributed by atoms with Crippen LogP contribution in [0.3, 0.4) is 0 Å². The van der Waals surface area contributed by atoms with E-state index in [2.05, 4.69) is 179 Å². The van der Waals surface area contributed by atoms with Gasteiger partial charge < -0.3 is 8.97 Å². The second-order valence-corrected chi connectivity index (χ2v) is 12.4. The standard InChI is InChI=1S/C45H29N3/c1-3-12-30(13-4-1)32-22-24-41-37(27-32)38-28-33(31-14-5-2-6-15-31)23-25-42(38)47(41)35-17-11-16-34(26-35)45-36-18-7-9-20-40(36)48-43-21-10-8-19-39(43)46-29-44(45)48/h1-29H. The quantitative estimate of drug-likeness (QED) is 0.194. The van der Waals surface area contributed by atoms with E-state index in [1.54, 1.807) is 0 Å². The first-order chi connectivity index (χ1) is 23.8. The molecule has 10 rings (SSSR count). The molecule has 0 spiro atoms. The number of aromatic nitrogens is 3. The van der Waals surface area contributed by atoms with Crippen LogP contribution in [0.25, 0.3) is 88.3 Å². The maximum Gasteiger partial charge on any atom is 0.0871 e. The topological polar surface area (TPSA) is 22.2 Å². The Hall–Kier alpha value is -6.45. The highest BCUT2D eigenvalue weighted by Gasteiger charge is 2.19. The molecular weight excluding hydrogens is 583 g/mol. The summed E-state index contributed by atoms with van der Waals surface area (Å²) in [6.45, 7) is 0. The van der Waals surface area contributed by atoms with Gasteiger partial charge in [0.1, 0.15) is 0 Å². The van der Waals surface area contributed by atoms with Gasteiger partial charge in [0, 0.05) is 27.4 Å². The predicted molar refractivity (Wildman–Crippen MR) is 201 cm³/mol. The van der Waals surface area contributed by atoms with E-state index in [0.29, 0.717) is 0 Å². The van der Waals surface area contributed by atoms with Gasteiger partial charge in [-0.1, -0.05) is 115 Å². The second-order valence-electron chi connectivity index (χ2n) is 12.4. The van der Waals surface area contributed by atoms with Gasteiger partial charge in [-0.2, -0.15) is 0 Å². The average molecular weight is 612 g/mol. The van der Waals surface area contributed by atoms with Gasteiger partial charge in [-0.25, -0.2) is 0 Å². The predicted octanol–water partition coefficient (Wildman–Crippen LogP) is 11.7. The molecule has 0 aliphatic heterocycles. The molecule has 0 radical (unpaired) electrons. The molecule has 0 N–H and O–H groups in total. The minimum atomic E-state index is 0.987. The van der Waals surface area contributed by atoms with Crippen molar-refractivity contribution >= 4 is 49.3 Å². The Morgan fingerprint density at radius 2 is 0.938 bits per heavy atom. The Morgan fingerprint density at radius 1 is 0.354 bits per heavy atom. The zero-order valence-corrected chi connectivity index (χ0v) is 26.1. The van der Waals surface area contributed by atoms with Gasteiger partial charge in [0.2, 0.25) is 0 Å². The van der Waals surface area contributed by atoms with E-state index >= 15 is 0 Å². The van der Waals surface area contributed by atoms with Crippen LogP contribution >= 0.6 is 0 Å². The fraction of sp³-hybridized carbons (Fsp3) is 0. The monoisotopic (exact) mass is 611 g/mol. The summed E-state index contributed by atoms with van der Waals surface area (Å²) >= 11 is 0.